The van der Waals surface area contributed by atoms with Crippen LogP contribution in [0.5, 0.6) is 0 Å². The number of carbonyl (C=O) groups is 2. The van der Waals surface area contributed by atoms with E-state index in [9.17, 15) is 18.0 Å². The number of rotatable bonds is 5. The largest absolute Gasteiger partial charge is 0.320 e. The summed E-state index contributed by atoms with van der Waals surface area (Å²) in [6.45, 7) is 1.50. The highest BCUT2D eigenvalue weighted by molar-refractivity contribution is 7.89. The molecule has 7 nitrogen and oxygen atoms in total. The van der Waals surface area contributed by atoms with E-state index < -0.39 is 15.9 Å². The van der Waals surface area contributed by atoms with Gasteiger partial charge in [0.05, 0.1) is 16.4 Å². The topological polar surface area (TPSA) is 86.8 Å². The van der Waals surface area contributed by atoms with Crippen molar-refractivity contribution >= 4 is 44.8 Å². The molecule has 0 saturated carbocycles. The highest BCUT2D eigenvalue weighted by atomic mass is 35.5. The van der Waals surface area contributed by atoms with Crippen molar-refractivity contribution in [2.45, 2.75) is 37.0 Å². The maximum absolute atomic E-state index is 13.1. The Hall–Kier alpha value is -2.42. The number of carbonyl (C=O) groups excluding carboxylic acids is 2. The summed E-state index contributed by atoms with van der Waals surface area (Å²) in [5.74, 6) is -0.450. The van der Waals surface area contributed by atoms with Crippen molar-refractivity contribution in [3.8, 4) is 0 Å². The molecule has 0 radical (unpaired) electrons. The maximum Gasteiger partial charge on any atom is 0.255 e. The fourth-order valence-corrected chi connectivity index (χ4v) is 6.02. The van der Waals surface area contributed by atoms with Gasteiger partial charge in [0.25, 0.3) is 5.91 Å². The number of piperidine rings is 1. The molecule has 4 rings (SSSR count). The van der Waals surface area contributed by atoms with E-state index >= 15 is 0 Å². The van der Waals surface area contributed by atoms with Gasteiger partial charge in [0.15, 0.2) is 0 Å². The third-order valence-electron chi connectivity index (χ3n) is 5.64. The summed E-state index contributed by atoms with van der Waals surface area (Å²) in [7, 11) is -3.78. The van der Waals surface area contributed by atoms with Crippen LogP contribution in [0, 0.1) is 0 Å². The van der Waals surface area contributed by atoms with Crippen molar-refractivity contribution in [1.29, 1.82) is 0 Å². The fourth-order valence-electron chi connectivity index (χ4n) is 4.00. The van der Waals surface area contributed by atoms with Gasteiger partial charge in [-0.05, 0) is 49.6 Å². The Bertz CT molecular complexity index is 1110. The SMILES string of the molecule is O=C(Nc1ccccc1N1CCCC1=O)c1ccc(Cl)c(S(=O)(=O)N2CCCCC2)c1. The number of hydrogen-bond donors (Lipinski definition) is 1. The Morgan fingerprint density at radius 1 is 0.968 bits per heavy atom. The van der Waals surface area contributed by atoms with Crippen molar-refractivity contribution in [1.82, 2.24) is 4.31 Å². The second-order valence-electron chi connectivity index (χ2n) is 7.73. The van der Waals surface area contributed by atoms with Gasteiger partial charge in [0.2, 0.25) is 15.9 Å². The van der Waals surface area contributed by atoms with Crippen LogP contribution in [0.4, 0.5) is 11.4 Å². The van der Waals surface area contributed by atoms with Crippen molar-refractivity contribution in [2.24, 2.45) is 0 Å². The van der Waals surface area contributed by atoms with E-state index in [1.165, 1.54) is 22.5 Å². The van der Waals surface area contributed by atoms with Gasteiger partial charge >= 0.3 is 0 Å². The first kappa shape index (κ1) is 21.8. The molecule has 2 heterocycles. The van der Waals surface area contributed by atoms with Gasteiger partial charge in [-0.3, -0.25) is 9.59 Å². The molecule has 2 amide bonds. The van der Waals surface area contributed by atoms with Gasteiger partial charge in [0, 0.05) is 31.6 Å². The summed E-state index contributed by atoms with van der Waals surface area (Å²) in [6.07, 6.45) is 3.88. The highest BCUT2D eigenvalue weighted by Gasteiger charge is 2.29. The van der Waals surface area contributed by atoms with Crippen LogP contribution in [0.3, 0.4) is 0 Å². The minimum atomic E-state index is -3.78. The Balaban J connectivity index is 1.61. The molecule has 0 unspecified atom stereocenters. The molecule has 2 aliphatic rings. The summed E-state index contributed by atoms with van der Waals surface area (Å²) in [4.78, 5) is 26.7. The Morgan fingerprint density at radius 2 is 1.71 bits per heavy atom. The van der Waals surface area contributed by atoms with Gasteiger partial charge in [-0.1, -0.05) is 30.2 Å². The van der Waals surface area contributed by atoms with E-state index in [1.54, 1.807) is 23.1 Å². The molecule has 2 aromatic carbocycles. The summed E-state index contributed by atoms with van der Waals surface area (Å²) in [5, 5.41) is 2.91. The molecule has 2 aromatic rings. The van der Waals surface area contributed by atoms with Crippen molar-refractivity contribution in [3.05, 3.63) is 53.1 Å². The van der Waals surface area contributed by atoms with Crippen LogP contribution in [0.25, 0.3) is 0 Å². The Kier molecular flexibility index (Phi) is 6.31. The lowest BCUT2D eigenvalue weighted by molar-refractivity contribution is -0.117. The predicted octanol–water partition coefficient (Wildman–Crippen LogP) is 3.89. The molecule has 9 heteroatoms. The summed E-state index contributed by atoms with van der Waals surface area (Å²) < 4.78 is 27.6. The molecule has 0 aromatic heterocycles. The molecule has 0 aliphatic carbocycles. The summed E-state index contributed by atoms with van der Waals surface area (Å²) in [5.41, 5.74) is 1.31. The summed E-state index contributed by atoms with van der Waals surface area (Å²) >= 11 is 6.21. The van der Waals surface area contributed by atoms with Crippen molar-refractivity contribution in [3.63, 3.8) is 0 Å². The van der Waals surface area contributed by atoms with Gasteiger partial charge in [-0.15, -0.1) is 0 Å². The average Bonchev–Trinajstić information content (AvgIpc) is 3.20. The fraction of sp³-hybridized carbons (Fsp3) is 0.364. The minimum absolute atomic E-state index is 0.0168. The first-order valence-corrected chi connectivity index (χ1v) is 12.2. The number of amides is 2. The highest BCUT2D eigenvalue weighted by Crippen LogP contribution is 2.31. The normalized spacial score (nSPS) is 17.7. The number of anilines is 2. The molecule has 2 aliphatic heterocycles. The lowest BCUT2D eigenvalue weighted by Crippen LogP contribution is -2.35. The zero-order valence-electron chi connectivity index (χ0n) is 17.0. The lowest BCUT2D eigenvalue weighted by atomic mass is 10.2. The van der Waals surface area contributed by atoms with Crippen LogP contribution in [-0.4, -0.2) is 44.2 Å². The Labute approximate surface area is 187 Å². The smallest absolute Gasteiger partial charge is 0.255 e. The van der Waals surface area contributed by atoms with E-state index in [0.29, 0.717) is 37.4 Å². The standard InChI is InChI=1S/C22H24ClN3O4S/c23-17-11-10-16(15-20(17)31(29,30)25-12-4-1-5-13-25)22(28)24-18-7-2-3-8-19(18)26-14-6-9-21(26)27/h2-3,7-8,10-11,15H,1,4-6,9,12-14H2,(H,24,28). The number of nitrogens with one attached hydrogen (secondary N) is 1. The number of sulfonamides is 1. The van der Waals surface area contributed by atoms with E-state index in [0.717, 1.165) is 25.7 Å². The second kappa shape index (κ2) is 8.98. The van der Waals surface area contributed by atoms with Crippen molar-refractivity contribution < 1.29 is 18.0 Å². The molecular weight excluding hydrogens is 438 g/mol. The molecule has 164 valence electrons. The molecule has 2 saturated heterocycles. The maximum atomic E-state index is 13.1. The van der Waals surface area contributed by atoms with Crippen LogP contribution >= 0.6 is 11.6 Å². The number of halogens is 1. The minimum Gasteiger partial charge on any atom is -0.320 e. The molecule has 1 N–H and O–H groups in total. The third-order valence-corrected chi connectivity index (χ3v) is 8.02. The third kappa shape index (κ3) is 4.46. The molecular formula is C22H24ClN3O4S. The van der Waals surface area contributed by atoms with E-state index in [4.69, 9.17) is 11.6 Å². The molecule has 0 bridgehead atoms. The van der Waals surface area contributed by atoms with Gasteiger partial charge in [0.1, 0.15) is 4.90 Å². The van der Waals surface area contributed by atoms with Crippen molar-refractivity contribution in [2.75, 3.05) is 29.9 Å². The zero-order valence-corrected chi connectivity index (χ0v) is 18.6. The van der Waals surface area contributed by atoms with Crippen LogP contribution in [0.2, 0.25) is 5.02 Å². The molecule has 0 atom stereocenters. The van der Waals surface area contributed by atoms with Crippen LogP contribution in [-0.2, 0) is 14.8 Å². The van der Waals surface area contributed by atoms with Gasteiger partial charge in [-0.25, -0.2) is 8.42 Å². The number of hydrogen-bond acceptors (Lipinski definition) is 4. The molecule has 2 fully saturated rings. The predicted molar refractivity (Wildman–Crippen MR) is 120 cm³/mol. The first-order chi connectivity index (χ1) is 14.9. The number of para-hydroxylation sites is 2. The quantitative estimate of drug-likeness (QED) is 0.731. The lowest BCUT2D eigenvalue weighted by Gasteiger charge is -2.26. The van der Waals surface area contributed by atoms with Gasteiger partial charge in [-0.2, -0.15) is 4.31 Å². The van der Waals surface area contributed by atoms with Crippen LogP contribution in [0.15, 0.2) is 47.4 Å². The van der Waals surface area contributed by atoms with Gasteiger partial charge < -0.3 is 10.2 Å². The summed E-state index contributed by atoms with van der Waals surface area (Å²) in [6, 6.07) is 11.3. The number of nitrogens with zero attached hydrogens (tertiary/aromatic N) is 2. The monoisotopic (exact) mass is 461 g/mol. The zero-order chi connectivity index (χ0) is 22.0. The average molecular weight is 462 g/mol. The van der Waals surface area contributed by atoms with Crippen LogP contribution < -0.4 is 10.2 Å². The second-order valence-corrected chi connectivity index (χ2v) is 10.0. The molecule has 0 spiro atoms. The van der Waals surface area contributed by atoms with Crippen LogP contribution in [0.1, 0.15) is 42.5 Å². The van der Waals surface area contributed by atoms with E-state index in [-0.39, 0.29) is 21.4 Å². The molecule has 31 heavy (non-hydrogen) atoms. The number of benzene rings is 2. The van der Waals surface area contributed by atoms with E-state index in [2.05, 4.69) is 5.32 Å². The Morgan fingerprint density at radius 3 is 2.42 bits per heavy atom. The first-order valence-electron chi connectivity index (χ1n) is 10.4. The van der Waals surface area contributed by atoms with E-state index in [1.807, 2.05) is 6.07 Å².